The van der Waals surface area contributed by atoms with Crippen molar-refractivity contribution in [2.45, 2.75) is 130 Å². The Hall–Kier alpha value is 0.01000. The Morgan fingerprint density at radius 2 is 0.778 bits per heavy atom. The monoisotopic (exact) mass is 575 g/mol. The summed E-state index contributed by atoms with van der Waals surface area (Å²) in [6.07, 6.45) is 22.3. The predicted molar refractivity (Wildman–Crippen MR) is 171 cm³/mol. The van der Waals surface area contributed by atoms with E-state index in [0.29, 0.717) is 0 Å². The van der Waals surface area contributed by atoms with Gasteiger partial charge in [0.05, 0.1) is 0 Å². The van der Waals surface area contributed by atoms with Crippen molar-refractivity contribution in [3.8, 4) is 0 Å². The third-order valence-corrected chi connectivity index (χ3v) is 10.4. The van der Waals surface area contributed by atoms with Crippen molar-refractivity contribution in [3.05, 3.63) is 6.33 Å². The lowest BCUT2D eigenvalue weighted by Crippen LogP contribution is -2.15. The van der Waals surface area contributed by atoms with Gasteiger partial charge in [0.25, 0.3) is 11.9 Å². The van der Waals surface area contributed by atoms with E-state index in [1.54, 1.807) is 6.33 Å². The van der Waals surface area contributed by atoms with Gasteiger partial charge in [-0.3, -0.25) is 0 Å². The smallest absolute Gasteiger partial charge is 0.225 e. The van der Waals surface area contributed by atoms with Gasteiger partial charge >= 0.3 is 0 Å². The van der Waals surface area contributed by atoms with Gasteiger partial charge in [-0.25, -0.2) is 7.42 Å². The van der Waals surface area contributed by atoms with Gasteiger partial charge in [-0.15, -0.1) is 0 Å². The van der Waals surface area contributed by atoms with Crippen LogP contribution in [0.2, 0.25) is 0 Å². The van der Waals surface area contributed by atoms with Crippen molar-refractivity contribution in [2.75, 3.05) is 30.4 Å². The third-order valence-electron chi connectivity index (χ3n) is 5.70. The molecular weight excluding hydrogens is 523 g/mol. The van der Waals surface area contributed by atoms with Gasteiger partial charge in [0.2, 0.25) is 0 Å². The molecule has 0 bridgehead atoms. The number of aromatic nitrogens is 3. The summed E-state index contributed by atoms with van der Waals surface area (Å²) in [6.45, 7) is 9.08. The molecule has 0 fully saturated rings. The summed E-state index contributed by atoms with van der Waals surface area (Å²) >= 11 is 7.50. The van der Waals surface area contributed by atoms with E-state index >= 15 is 0 Å². The molecule has 0 amide bonds. The molecule has 0 saturated carbocycles. The molecule has 1 rings (SSSR count). The van der Waals surface area contributed by atoms with Gasteiger partial charge in [0.1, 0.15) is 6.33 Å². The molecule has 0 radical (unpaired) electrons. The number of rotatable bonds is 26. The van der Waals surface area contributed by atoms with Crippen molar-refractivity contribution < 1.29 is 0 Å². The Bertz CT molecular complexity index is 536. The van der Waals surface area contributed by atoms with Crippen LogP contribution in [-0.2, 0) is 0 Å². The minimum absolute atomic E-state index is 0.796. The van der Waals surface area contributed by atoms with Crippen LogP contribution in [0.3, 0.4) is 0 Å². The fourth-order valence-electron chi connectivity index (χ4n) is 3.47. The van der Waals surface area contributed by atoms with Gasteiger partial charge < -0.3 is 0 Å². The number of nitrogens with zero attached hydrogens (tertiary/aromatic N) is 5. The summed E-state index contributed by atoms with van der Waals surface area (Å²) in [5.41, 5.74) is 0. The van der Waals surface area contributed by atoms with Crippen LogP contribution in [0, 0.1) is 0 Å². The molecule has 0 aliphatic carbocycles. The molecule has 9 heteroatoms. The molecule has 5 nitrogen and oxygen atoms in total. The van der Waals surface area contributed by atoms with Gasteiger partial charge in [-0.2, -0.15) is 15.0 Å². The van der Waals surface area contributed by atoms with Crippen molar-refractivity contribution >= 4 is 59.7 Å². The van der Waals surface area contributed by atoms with Crippen LogP contribution >= 0.6 is 47.8 Å². The molecule has 210 valence electrons. The highest BCUT2D eigenvalue weighted by atomic mass is 32.2. The Morgan fingerprint density at radius 1 is 0.472 bits per heavy atom. The molecule has 0 N–H and O–H groups in total. The van der Waals surface area contributed by atoms with Crippen LogP contribution in [0.4, 0.5) is 11.9 Å². The second-order valence-corrected chi connectivity index (χ2v) is 13.8. The average molecular weight is 576 g/mol. The number of anilines is 2. The lowest BCUT2D eigenvalue weighted by Gasteiger charge is -2.23. The third kappa shape index (κ3) is 17.5. The standard InChI is InChI=1S/C27H53N5S4/c1-5-9-13-17-21-33-31(34-22-18-14-10-6-2)26-28-25-29-27(30-26)32(35-23-19-15-11-7-3)36-24-20-16-12-8-4/h25H,5-24H2,1-4H3. The molecule has 0 aliphatic heterocycles. The summed E-state index contributed by atoms with van der Waals surface area (Å²) in [6, 6.07) is 0. The fourth-order valence-corrected chi connectivity index (χ4v) is 7.77. The molecule has 0 atom stereocenters. The highest BCUT2D eigenvalue weighted by Gasteiger charge is 2.17. The molecule has 0 aliphatic rings. The van der Waals surface area contributed by atoms with E-state index in [-0.39, 0.29) is 0 Å². The van der Waals surface area contributed by atoms with E-state index in [1.807, 2.05) is 47.8 Å². The van der Waals surface area contributed by atoms with Gasteiger partial charge in [0, 0.05) is 23.0 Å². The Kier molecular flexibility index (Phi) is 23.9. The van der Waals surface area contributed by atoms with E-state index in [0.717, 1.165) is 34.9 Å². The first kappa shape index (κ1) is 34.0. The van der Waals surface area contributed by atoms with Gasteiger partial charge in [-0.1, -0.05) is 105 Å². The van der Waals surface area contributed by atoms with E-state index in [4.69, 9.17) is 4.98 Å². The topological polar surface area (TPSA) is 45.2 Å². The van der Waals surface area contributed by atoms with E-state index in [9.17, 15) is 0 Å². The Labute approximate surface area is 240 Å². The zero-order chi connectivity index (χ0) is 26.1. The quantitative estimate of drug-likeness (QED) is 0.0792. The number of unbranched alkanes of at least 4 members (excludes halogenated alkanes) is 12. The minimum atomic E-state index is 0.796. The first-order chi connectivity index (χ1) is 17.8. The minimum Gasteiger partial charge on any atom is -0.225 e. The van der Waals surface area contributed by atoms with Crippen molar-refractivity contribution in [3.63, 3.8) is 0 Å². The molecule has 36 heavy (non-hydrogen) atoms. The Morgan fingerprint density at radius 3 is 1.06 bits per heavy atom. The zero-order valence-electron chi connectivity index (χ0n) is 23.6. The lowest BCUT2D eigenvalue weighted by atomic mass is 10.2. The van der Waals surface area contributed by atoms with E-state index in [1.165, 1.54) is 103 Å². The van der Waals surface area contributed by atoms with Crippen LogP contribution < -0.4 is 7.42 Å². The Balaban J connectivity index is 2.82. The van der Waals surface area contributed by atoms with Crippen LogP contribution in [0.15, 0.2) is 6.33 Å². The normalized spacial score (nSPS) is 11.2. The molecule has 0 spiro atoms. The van der Waals surface area contributed by atoms with E-state index in [2.05, 4.69) is 45.1 Å². The molecule has 1 aromatic heterocycles. The maximum Gasteiger partial charge on any atom is 0.251 e. The van der Waals surface area contributed by atoms with E-state index < -0.39 is 0 Å². The van der Waals surface area contributed by atoms with Crippen molar-refractivity contribution in [1.82, 2.24) is 15.0 Å². The SMILES string of the molecule is CCCCCCSN(SCCCCCC)c1ncnc(N(SCCCCCC)SCCCCCC)n1. The molecule has 0 saturated heterocycles. The van der Waals surface area contributed by atoms with Crippen LogP contribution in [-0.4, -0.2) is 38.0 Å². The molecular formula is C27H53N5S4. The maximum absolute atomic E-state index is 4.98. The van der Waals surface area contributed by atoms with Crippen molar-refractivity contribution in [2.24, 2.45) is 0 Å². The lowest BCUT2D eigenvalue weighted by molar-refractivity contribution is 0.706. The fraction of sp³-hybridized carbons (Fsp3) is 0.889. The summed E-state index contributed by atoms with van der Waals surface area (Å²) in [7, 11) is 0. The zero-order valence-corrected chi connectivity index (χ0v) is 26.9. The summed E-state index contributed by atoms with van der Waals surface area (Å²) in [4.78, 5) is 14.2. The average Bonchev–Trinajstić information content (AvgIpc) is 2.90. The first-order valence-electron chi connectivity index (χ1n) is 14.6. The number of hydrogen-bond donors (Lipinski definition) is 0. The largest absolute Gasteiger partial charge is 0.251 e. The molecule has 1 heterocycles. The summed E-state index contributed by atoms with van der Waals surface area (Å²) in [5, 5.41) is 0. The highest BCUT2D eigenvalue weighted by molar-refractivity contribution is 8.18. The van der Waals surface area contributed by atoms with Crippen LogP contribution in [0.1, 0.15) is 130 Å². The second-order valence-electron chi connectivity index (χ2n) is 9.18. The van der Waals surface area contributed by atoms with Crippen LogP contribution in [0.5, 0.6) is 0 Å². The van der Waals surface area contributed by atoms with Gasteiger partial charge in [-0.05, 0) is 73.5 Å². The first-order valence-corrected chi connectivity index (χ1v) is 18.3. The molecule has 0 unspecified atom stereocenters. The molecule has 1 aromatic rings. The predicted octanol–water partition coefficient (Wildman–Crippen LogP) is 10.4. The summed E-state index contributed by atoms with van der Waals surface area (Å²) in [5.74, 6) is 6.06. The second kappa shape index (κ2) is 25.3. The van der Waals surface area contributed by atoms with Gasteiger partial charge in [0.15, 0.2) is 0 Å². The molecule has 0 aromatic carbocycles. The number of hydrogen-bond acceptors (Lipinski definition) is 9. The van der Waals surface area contributed by atoms with Crippen molar-refractivity contribution in [1.29, 1.82) is 0 Å². The summed E-state index contributed by atoms with van der Waals surface area (Å²) < 4.78 is 4.53. The highest BCUT2D eigenvalue weighted by Crippen LogP contribution is 2.33. The maximum atomic E-state index is 4.98. The van der Waals surface area contributed by atoms with Crippen LogP contribution in [0.25, 0.3) is 0 Å².